The first-order valence-corrected chi connectivity index (χ1v) is 7.85. The number of carbonyl (C=O) groups excluding carboxylic acids is 2. The molecule has 0 radical (unpaired) electrons. The van der Waals surface area contributed by atoms with Gasteiger partial charge in [0.25, 0.3) is 0 Å². The summed E-state index contributed by atoms with van der Waals surface area (Å²) in [6, 6.07) is 15.2. The fourth-order valence-corrected chi connectivity index (χ4v) is 2.99. The molecule has 1 saturated heterocycles. The minimum atomic E-state index is -0.395. The number of nitrogens with two attached hydrogens (primary N) is 1. The number of ketones is 1. The average Bonchev–Trinajstić information content (AvgIpc) is 2.59. The van der Waals surface area contributed by atoms with E-state index >= 15 is 0 Å². The molecule has 0 bridgehead atoms. The van der Waals surface area contributed by atoms with E-state index in [0.717, 1.165) is 11.3 Å². The molecule has 5 nitrogen and oxygen atoms in total. The standard InChI is InChI=1S/C19H19N3O2/c20-18(23)13-22-11-15(10-16-8-4-5-9-21-16)19(24)17(12-22)14-6-2-1-3-7-14/h1-10,17H,11-13H2,(H2,20,23)/b15-10-. The van der Waals surface area contributed by atoms with Gasteiger partial charge in [-0.05, 0) is 23.8 Å². The second kappa shape index (κ2) is 7.19. The number of hydrogen-bond donors (Lipinski definition) is 1. The molecule has 1 aromatic heterocycles. The van der Waals surface area contributed by atoms with Gasteiger partial charge >= 0.3 is 0 Å². The Morgan fingerprint density at radius 2 is 1.96 bits per heavy atom. The van der Waals surface area contributed by atoms with Crippen LogP contribution >= 0.6 is 0 Å². The third-order valence-electron chi connectivity index (χ3n) is 4.06. The van der Waals surface area contributed by atoms with Gasteiger partial charge in [-0.15, -0.1) is 0 Å². The highest BCUT2D eigenvalue weighted by atomic mass is 16.1. The van der Waals surface area contributed by atoms with Crippen LogP contribution in [0.15, 0.2) is 60.3 Å². The van der Waals surface area contributed by atoms with E-state index in [-0.39, 0.29) is 18.2 Å². The van der Waals surface area contributed by atoms with Crippen molar-refractivity contribution in [2.24, 2.45) is 5.73 Å². The first-order valence-electron chi connectivity index (χ1n) is 7.85. The lowest BCUT2D eigenvalue weighted by atomic mass is 9.86. The van der Waals surface area contributed by atoms with E-state index in [9.17, 15) is 9.59 Å². The van der Waals surface area contributed by atoms with Crippen LogP contribution in [0.4, 0.5) is 0 Å². The normalized spacial score (nSPS) is 20.2. The van der Waals surface area contributed by atoms with Gasteiger partial charge in [0, 0.05) is 24.9 Å². The summed E-state index contributed by atoms with van der Waals surface area (Å²) in [6.45, 7) is 1.03. The molecule has 1 fully saturated rings. The van der Waals surface area contributed by atoms with Crippen LogP contribution in [-0.4, -0.2) is 41.2 Å². The lowest BCUT2D eigenvalue weighted by Crippen LogP contribution is -2.44. The lowest BCUT2D eigenvalue weighted by molar-refractivity contribution is -0.122. The number of aromatic nitrogens is 1. The fraction of sp³-hybridized carbons (Fsp3) is 0.211. The van der Waals surface area contributed by atoms with Crippen LogP contribution in [0.2, 0.25) is 0 Å². The lowest BCUT2D eigenvalue weighted by Gasteiger charge is -2.32. The number of Topliss-reactive ketones (excluding diaryl/α,β-unsaturated/α-hetero) is 1. The highest BCUT2D eigenvalue weighted by Crippen LogP contribution is 2.27. The molecule has 1 amide bonds. The highest BCUT2D eigenvalue weighted by Gasteiger charge is 2.32. The Balaban J connectivity index is 1.94. The minimum Gasteiger partial charge on any atom is -0.369 e. The molecule has 1 unspecified atom stereocenters. The van der Waals surface area contributed by atoms with Gasteiger partial charge < -0.3 is 5.73 Å². The average molecular weight is 321 g/mol. The minimum absolute atomic E-state index is 0.0765. The van der Waals surface area contributed by atoms with Gasteiger partial charge in [0.15, 0.2) is 5.78 Å². The van der Waals surface area contributed by atoms with Crippen LogP contribution < -0.4 is 5.73 Å². The molecular formula is C19H19N3O2. The summed E-state index contributed by atoms with van der Waals surface area (Å²) in [6.07, 6.45) is 3.49. The number of benzene rings is 1. The van der Waals surface area contributed by atoms with Gasteiger partial charge in [0.1, 0.15) is 0 Å². The maximum absolute atomic E-state index is 12.9. The molecule has 1 aliphatic rings. The van der Waals surface area contributed by atoms with Gasteiger partial charge in [0.05, 0.1) is 18.2 Å². The molecule has 3 rings (SSSR count). The number of pyridine rings is 1. The summed E-state index contributed by atoms with van der Waals surface area (Å²) in [7, 11) is 0. The van der Waals surface area contributed by atoms with E-state index in [1.54, 1.807) is 12.3 Å². The summed E-state index contributed by atoms with van der Waals surface area (Å²) >= 11 is 0. The summed E-state index contributed by atoms with van der Waals surface area (Å²) in [4.78, 5) is 30.4. The van der Waals surface area contributed by atoms with Crippen LogP contribution in [0.3, 0.4) is 0 Å². The van der Waals surface area contributed by atoms with Crippen LogP contribution in [-0.2, 0) is 9.59 Å². The second-order valence-electron chi connectivity index (χ2n) is 5.89. The van der Waals surface area contributed by atoms with Crippen molar-refractivity contribution in [2.45, 2.75) is 5.92 Å². The first kappa shape index (κ1) is 16.1. The maximum Gasteiger partial charge on any atom is 0.231 e. The summed E-state index contributed by atoms with van der Waals surface area (Å²) in [5, 5.41) is 0. The van der Waals surface area contributed by atoms with E-state index in [1.807, 2.05) is 53.4 Å². The third-order valence-corrected chi connectivity index (χ3v) is 4.06. The molecule has 5 heteroatoms. The van der Waals surface area contributed by atoms with E-state index in [4.69, 9.17) is 5.73 Å². The van der Waals surface area contributed by atoms with Crippen LogP contribution in [0, 0.1) is 0 Å². The van der Waals surface area contributed by atoms with Crippen molar-refractivity contribution in [1.82, 2.24) is 9.88 Å². The Hall–Kier alpha value is -2.79. The van der Waals surface area contributed by atoms with Crippen LogP contribution in [0.25, 0.3) is 6.08 Å². The number of carbonyl (C=O) groups is 2. The molecule has 0 saturated carbocycles. The molecule has 2 aromatic rings. The number of amides is 1. The van der Waals surface area contributed by atoms with Crippen LogP contribution in [0.5, 0.6) is 0 Å². The molecule has 1 aliphatic heterocycles. The van der Waals surface area contributed by atoms with Crippen molar-refractivity contribution in [3.05, 3.63) is 71.6 Å². The molecule has 122 valence electrons. The quantitative estimate of drug-likeness (QED) is 0.868. The summed E-state index contributed by atoms with van der Waals surface area (Å²) < 4.78 is 0. The zero-order valence-corrected chi connectivity index (χ0v) is 13.3. The number of nitrogens with zero attached hydrogens (tertiary/aromatic N) is 2. The van der Waals surface area contributed by atoms with Crippen molar-refractivity contribution >= 4 is 17.8 Å². The molecular weight excluding hydrogens is 302 g/mol. The SMILES string of the molecule is NC(=O)CN1C/C(=C/c2ccccn2)C(=O)C(c2ccccc2)C1. The topological polar surface area (TPSA) is 76.3 Å². The van der Waals surface area contributed by atoms with E-state index in [1.165, 1.54) is 0 Å². The smallest absolute Gasteiger partial charge is 0.231 e. The Morgan fingerprint density at radius 3 is 2.62 bits per heavy atom. The number of hydrogen-bond acceptors (Lipinski definition) is 4. The van der Waals surface area contributed by atoms with Gasteiger partial charge in [-0.25, -0.2) is 0 Å². The molecule has 1 atom stereocenters. The van der Waals surface area contributed by atoms with E-state index in [2.05, 4.69) is 4.98 Å². The summed E-state index contributed by atoms with van der Waals surface area (Å²) in [5.41, 5.74) is 7.67. The van der Waals surface area contributed by atoms with Crippen molar-refractivity contribution in [3.8, 4) is 0 Å². The predicted molar refractivity (Wildman–Crippen MR) is 92.0 cm³/mol. The molecule has 0 spiro atoms. The van der Waals surface area contributed by atoms with Crippen molar-refractivity contribution in [3.63, 3.8) is 0 Å². The number of piperidine rings is 1. The number of likely N-dealkylation sites (tertiary alicyclic amines) is 1. The highest BCUT2D eigenvalue weighted by molar-refractivity contribution is 6.05. The van der Waals surface area contributed by atoms with Crippen LogP contribution in [0.1, 0.15) is 17.2 Å². The molecule has 1 aromatic carbocycles. The maximum atomic E-state index is 12.9. The molecule has 0 aliphatic carbocycles. The van der Waals surface area contributed by atoms with Gasteiger partial charge in [-0.2, -0.15) is 0 Å². The monoisotopic (exact) mass is 321 g/mol. The Kier molecular flexibility index (Phi) is 4.82. The van der Waals surface area contributed by atoms with E-state index < -0.39 is 5.91 Å². The summed E-state index contributed by atoms with van der Waals surface area (Å²) in [5.74, 6) is -0.616. The number of rotatable bonds is 4. The third kappa shape index (κ3) is 3.75. The Bertz CT molecular complexity index is 757. The van der Waals surface area contributed by atoms with Crippen molar-refractivity contribution in [2.75, 3.05) is 19.6 Å². The zero-order chi connectivity index (χ0) is 16.9. The van der Waals surface area contributed by atoms with E-state index in [0.29, 0.717) is 18.7 Å². The van der Waals surface area contributed by atoms with Gasteiger partial charge in [-0.1, -0.05) is 36.4 Å². The first-order chi connectivity index (χ1) is 11.6. The Labute approximate surface area is 140 Å². The molecule has 2 N–H and O–H groups in total. The largest absolute Gasteiger partial charge is 0.369 e. The van der Waals surface area contributed by atoms with Gasteiger partial charge in [0.2, 0.25) is 5.91 Å². The second-order valence-corrected chi connectivity index (χ2v) is 5.89. The number of primary amides is 1. The predicted octanol–water partition coefficient (Wildman–Crippen LogP) is 1.62. The fourth-order valence-electron chi connectivity index (χ4n) is 2.99. The van der Waals surface area contributed by atoms with Gasteiger partial charge in [-0.3, -0.25) is 19.5 Å². The molecule has 2 heterocycles. The molecule has 24 heavy (non-hydrogen) atoms. The van der Waals surface area contributed by atoms with Crippen molar-refractivity contribution < 1.29 is 9.59 Å². The van der Waals surface area contributed by atoms with Crippen molar-refractivity contribution in [1.29, 1.82) is 0 Å². The zero-order valence-electron chi connectivity index (χ0n) is 13.3. The Morgan fingerprint density at radius 1 is 1.21 bits per heavy atom.